The third-order valence-corrected chi connectivity index (χ3v) is 5.42. The van der Waals surface area contributed by atoms with Crippen molar-refractivity contribution in [3.05, 3.63) is 54.2 Å². The molecule has 106 valence electrons. The van der Waals surface area contributed by atoms with Crippen LogP contribution in [0.3, 0.4) is 0 Å². The Morgan fingerprint density at radius 2 is 1.81 bits per heavy atom. The fourth-order valence-electron chi connectivity index (χ4n) is 2.85. The fourth-order valence-corrected chi connectivity index (χ4v) is 4.26. The zero-order valence-electron chi connectivity index (χ0n) is 11.5. The van der Waals surface area contributed by atoms with E-state index in [-0.39, 0.29) is 0 Å². The monoisotopic (exact) mass is 300 g/mol. The predicted molar refractivity (Wildman–Crippen MR) is 88.6 cm³/mol. The van der Waals surface area contributed by atoms with E-state index in [1.807, 2.05) is 30.3 Å². The minimum atomic E-state index is -2.55. The Kier molecular flexibility index (Phi) is 2.53. The van der Waals surface area contributed by atoms with Crippen LogP contribution in [0.25, 0.3) is 22.0 Å². The Labute approximate surface area is 123 Å². The summed E-state index contributed by atoms with van der Waals surface area (Å²) < 4.78 is 19.9. The highest BCUT2D eigenvalue weighted by atomic mass is 32.3. The standard InChI is InChI=1S/C16H14N2O2S/c1-10-8-9-17-15-11(10)6-7-13-12-4-2-3-5-14(12)21(19,20)18-16(13)15/h2-9,18-20H,1H3/p+2. The van der Waals surface area contributed by atoms with Gasteiger partial charge in [-0.3, -0.25) is 14.1 Å². The van der Waals surface area contributed by atoms with Crippen LogP contribution >= 0.6 is 10.8 Å². The van der Waals surface area contributed by atoms with Crippen LogP contribution in [-0.4, -0.2) is 14.1 Å². The summed E-state index contributed by atoms with van der Waals surface area (Å²) in [4.78, 5) is 5.23. The van der Waals surface area contributed by atoms with Crippen molar-refractivity contribution in [1.82, 2.24) is 4.98 Å². The molecule has 1 aliphatic rings. The Morgan fingerprint density at radius 1 is 1.00 bits per heavy atom. The molecule has 2 aromatic carbocycles. The van der Waals surface area contributed by atoms with Crippen molar-refractivity contribution in [2.24, 2.45) is 0 Å². The first kappa shape index (κ1) is 12.6. The SMILES string of the molecule is Cc1ccnc2c3c(ccc12)-c1ccccc1S([OH2+])([OH2+])N3. The first-order valence-corrected chi connectivity index (χ1v) is 8.29. The first-order chi connectivity index (χ1) is 10.1. The van der Waals surface area contributed by atoms with Crippen molar-refractivity contribution in [2.75, 3.05) is 4.72 Å². The number of hydrogen-bond acceptors (Lipinski definition) is 2. The van der Waals surface area contributed by atoms with Gasteiger partial charge < -0.3 is 0 Å². The second kappa shape index (κ2) is 4.21. The van der Waals surface area contributed by atoms with Crippen LogP contribution in [0.2, 0.25) is 0 Å². The number of nitrogens with zero attached hydrogens (tertiary/aromatic N) is 1. The average Bonchev–Trinajstić information content (AvgIpc) is 2.47. The number of rotatable bonds is 0. The van der Waals surface area contributed by atoms with Gasteiger partial charge in [0.05, 0.1) is 22.0 Å². The van der Waals surface area contributed by atoms with Gasteiger partial charge in [0.15, 0.2) is 4.90 Å². The molecule has 0 fully saturated rings. The van der Waals surface area contributed by atoms with Gasteiger partial charge in [-0.05, 0) is 24.6 Å². The summed E-state index contributed by atoms with van der Waals surface area (Å²) in [6.45, 7) is 2.05. The van der Waals surface area contributed by atoms with Crippen molar-refractivity contribution >= 4 is 27.4 Å². The van der Waals surface area contributed by atoms with Crippen molar-refractivity contribution in [3.63, 3.8) is 0 Å². The van der Waals surface area contributed by atoms with Gasteiger partial charge in [0.2, 0.25) is 0 Å². The number of benzene rings is 2. The van der Waals surface area contributed by atoms with Gasteiger partial charge in [0.25, 0.3) is 0 Å². The van der Waals surface area contributed by atoms with Crippen LogP contribution < -0.4 is 4.72 Å². The Balaban J connectivity index is 2.13. The lowest BCUT2D eigenvalue weighted by Crippen LogP contribution is -2.16. The molecule has 5 N–H and O–H groups in total. The predicted octanol–water partition coefficient (Wildman–Crippen LogP) is 2.99. The third kappa shape index (κ3) is 1.75. The lowest BCUT2D eigenvalue weighted by Gasteiger charge is -2.32. The van der Waals surface area contributed by atoms with Gasteiger partial charge in [-0.15, -0.1) is 0 Å². The summed E-state index contributed by atoms with van der Waals surface area (Å²) in [5.74, 6) is 0. The second-order valence-corrected chi connectivity index (χ2v) is 7.09. The van der Waals surface area contributed by atoms with Crippen LogP contribution in [-0.2, 0) is 0 Å². The molecule has 4 nitrogen and oxygen atoms in total. The second-order valence-electron chi connectivity index (χ2n) is 5.22. The van der Waals surface area contributed by atoms with E-state index < -0.39 is 10.8 Å². The number of anilines is 1. The van der Waals surface area contributed by atoms with Gasteiger partial charge in [-0.1, -0.05) is 30.3 Å². The molecule has 2 heterocycles. The summed E-state index contributed by atoms with van der Waals surface area (Å²) >= 11 is 0. The molecule has 0 aliphatic carbocycles. The number of pyridine rings is 1. The van der Waals surface area contributed by atoms with E-state index in [4.69, 9.17) is 9.11 Å². The lowest BCUT2D eigenvalue weighted by atomic mass is 9.99. The van der Waals surface area contributed by atoms with Crippen molar-refractivity contribution in [1.29, 1.82) is 0 Å². The van der Waals surface area contributed by atoms with Crippen molar-refractivity contribution in [3.8, 4) is 11.1 Å². The van der Waals surface area contributed by atoms with Crippen LogP contribution in [0.1, 0.15) is 5.56 Å². The summed E-state index contributed by atoms with van der Waals surface area (Å²) in [6, 6.07) is 13.8. The van der Waals surface area contributed by atoms with Crippen LogP contribution in [0.15, 0.2) is 53.6 Å². The highest BCUT2D eigenvalue weighted by Crippen LogP contribution is 2.58. The van der Waals surface area contributed by atoms with Crippen molar-refractivity contribution < 1.29 is 9.11 Å². The largest absolute Gasteiger partial charge is 0.276 e. The summed E-state index contributed by atoms with van der Waals surface area (Å²) in [6.07, 6.45) is 1.78. The number of aromatic nitrogens is 1. The molecule has 0 saturated heterocycles. The highest BCUT2D eigenvalue weighted by Gasteiger charge is 2.35. The third-order valence-electron chi connectivity index (χ3n) is 3.89. The fraction of sp³-hybridized carbons (Fsp3) is 0.0625. The Bertz CT molecular complexity index is 877. The summed E-state index contributed by atoms with van der Waals surface area (Å²) in [5.41, 5.74) is 4.81. The topological polar surface area (TPSA) is 70.7 Å². The molecular formula is C16H16N2O2S+2. The Hall–Kier alpha value is -2.08. The molecular weight excluding hydrogens is 284 g/mol. The average molecular weight is 300 g/mol. The quantitative estimate of drug-likeness (QED) is 0.648. The Morgan fingerprint density at radius 3 is 2.67 bits per heavy atom. The van der Waals surface area contributed by atoms with Gasteiger partial charge in [0, 0.05) is 22.7 Å². The van der Waals surface area contributed by atoms with Crippen LogP contribution in [0, 0.1) is 6.92 Å². The maximum Gasteiger partial charge on any atom is 0.177 e. The maximum atomic E-state index is 8.38. The molecule has 0 radical (unpaired) electrons. The summed E-state index contributed by atoms with van der Waals surface area (Å²) in [5, 5.41) is 1.07. The van der Waals surface area contributed by atoms with E-state index in [1.54, 1.807) is 6.20 Å². The van der Waals surface area contributed by atoms with E-state index in [2.05, 4.69) is 28.8 Å². The van der Waals surface area contributed by atoms with E-state index in [9.17, 15) is 0 Å². The van der Waals surface area contributed by atoms with Gasteiger partial charge in [-0.25, -0.2) is 4.72 Å². The maximum absolute atomic E-state index is 8.38. The van der Waals surface area contributed by atoms with E-state index in [0.717, 1.165) is 38.2 Å². The first-order valence-electron chi connectivity index (χ1n) is 6.66. The zero-order valence-corrected chi connectivity index (χ0v) is 12.3. The smallest absolute Gasteiger partial charge is 0.177 e. The number of hydrogen-bond donors (Lipinski definition) is 1. The molecule has 21 heavy (non-hydrogen) atoms. The van der Waals surface area contributed by atoms with Crippen LogP contribution in [0.5, 0.6) is 0 Å². The molecule has 4 rings (SSSR count). The van der Waals surface area contributed by atoms with E-state index in [1.165, 1.54) is 0 Å². The van der Waals surface area contributed by atoms with E-state index in [0.29, 0.717) is 0 Å². The molecule has 0 unspecified atom stereocenters. The minimum Gasteiger partial charge on any atom is -0.276 e. The molecule has 0 atom stereocenters. The summed E-state index contributed by atoms with van der Waals surface area (Å²) in [7, 11) is -2.55. The highest BCUT2D eigenvalue weighted by molar-refractivity contribution is 8.25. The van der Waals surface area contributed by atoms with E-state index >= 15 is 0 Å². The molecule has 0 saturated carbocycles. The number of aryl methyl sites for hydroxylation is 1. The molecule has 5 heteroatoms. The molecule has 0 bridgehead atoms. The number of nitrogens with one attached hydrogen (secondary N) is 1. The van der Waals surface area contributed by atoms with Gasteiger partial charge in [0.1, 0.15) is 0 Å². The molecule has 0 spiro atoms. The minimum absolute atomic E-state index is 0.754. The van der Waals surface area contributed by atoms with Gasteiger partial charge in [-0.2, -0.15) is 0 Å². The number of fused-ring (bicyclic) bond motifs is 5. The van der Waals surface area contributed by atoms with Gasteiger partial charge >= 0.3 is 0 Å². The normalized spacial score (nSPS) is 16.7. The molecule has 1 aromatic heterocycles. The molecule has 1 aliphatic heterocycles. The molecule has 3 aromatic rings. The van der Waals surface area contributed by atoms with Crippen LogP contribution in [0.4, 0.5) is 5.69 Å². The molecule has 0 amide bonds. The zero-order chi connectivity index (χ0) is 14.6. The lowest BCUT2D eigenvalue weighted by molar-refractivity contribution is 0.494. The van der Waals surface area contributed by atoms with Crippen molar-refractivity contribution in [2.45, 2.75) is 11.8 Å².